The van der Waals surface area contributed by atoms with Gasteiger partial charge in [0.2, 0.25) is 0 Å². The molecule has 3 nitrogen and oxygen atoms in total. The molecule has 1 rings (SSSR count). The number of carbonyl (C=O) groups excluding carboxylic acids is 1. The van der Waals surface area contributed by atoms with Crippen molar-refractivity contribution in [3.8, 4) is 0 Å². The molecule has 0 aliphatic heterocycles. The Morgan fingerprint density at radius 1 is 0.870 bits per heavy atom. The summed E-state index contributed by atoms with van der Waals surface area (Å²) in [5, 5.41) is 0. The lowest BCUT2D eigenvalue weighted by Crippen LogP contribution is -2.08. The van der Waals surface area contributed by atoms with E-state index >= 15 is 0 Å². The van der Waals surface area contributed by atoms with Crippen molar-refractivity contribution < 1.29 is 14.6 Å². The summed E-state index contributed by atoms with van der Waals surface area (Å²) in [5.74, 6) is -0.407. The molecule has 1 aromatic carbocycles. The van der Waals surface area contributed by atoms with Crippen LogP contribution in [-0.2, 0) is 9.78 Å². The molecule has 0 saturated heterocycles. The van der Waals surface area contributed by atoms with E-state index in [1.807, 2.05) is 25.1 Å². The van der Waals surface area contributed by atoms with Crippen LogP contribution in [0.2, 0.25) is 0 Å². The fourth-order valence-electron chi connectivity index (χ4n) is 2.59. The van der Waals surface area contributed by atoms with Crippen LogP contribution in [0.1, 0.15) is 87.1 Å². The predicted octanol–water partition coefficient (Wildman–Crippen LogP) is 6.00. The Morgan fingerprint density at radius 3 is 2.04 bits per heavy atom. The quantitative estimate of drug-likeness (QED) is 0.254. The number of rotatable bonds is 13. The van der Waals surface area contributed by atoms with E-state index in [-0.39, 0.29) is 0 Å². The fourth-order valence-corrected chi connectivity index (χ4v) is 2.59. The highest BCUT2D eigenvalue weighted by Gasteiger charge is 2.10. The summed E-state index contributed by atoms with van der Waals surface area (Å²) in [5.41, 5.74) is 1.47. The molecule has 0 fully saturated rings. The van der Waals surface area contributed by atoms with Crippen molar-refractivity contribution in [3.63, 3.8) is 0 Å². The third-order valence-corrected chi connectivity index (χ3v) is 4.08. The molecule has 23 heavy (non-hydrogen) atoms. The summed E-state index contributed by atoms with van der Waals surface area (Å²) in [6.07, 6.45) is 12.8. The van der Waals surface area contributed by atoms with E-state index < -0.39 is 5.97 Å². The molecule has 0 radical (unpaired) electrons. The lowest BCUT2D eigenvalue weighted by Gasteiger charge is -2.06. The predicted molar refractivity (Wildman–Crippen MR) is 94.4 cm³/mol. The number of benzene rings is 1. The zero-order chi connectivity index (χ0) is 16.8. The molecule has 0 amide bonds. The fraction of sp³-hybridized carbons (Fsp3) is 0.650. The first-order valence-electron chi connectivity index (χ1n) is 9.15. The van der Waals surface area contributed by atoms with Gasteiger partial charge in [-0.1, -0.05) is 82.9 Å². The molecule has 1 aromatic rings. The van der Waals surface area contributed by atoms with E-state index in [1.54, 1.807) is 6.07 Å². The molecule has 0 atom stereocenters. The summed E-state index contributed by atoms with van der Waals surface area (Å²) in [6, 6.07) is 7.36. The Morgan fingerprint density at radius 2 is 1.43 bits per heavy atom. The van der Waals surface area contributed by atoms with Gasteiger partial charge in [0.15, 0.2) is 0 Å². The molecule has 0 saturated carbocycles. The maximum Gasteiger partial charge on any atom is 0.373 e. The molecule has 130 valence electrons. The number of carbonyl (C=O) groups is 1. The van der Waals surface area contributed by atoms with E-state index in [9.17, 15) is 4.79 Å². The van der Waals surface area contributed by atoms with Gasteiger partial charge in [-0.2, -0.15) is 4.89 Å². The van der Waals surface area contributed by atoms with Crippen LogP contribution in [0.4, 0.5) is 0 Å². The summed E-state index contributed by atoms with van der Waals surface area (Å²) < 4.78 is 0. The highest BCUT2D eigenvalue weighted by molar-refractivity contribution is 5.90. The van der Waals surface area contributed by atoms with Crippen LogP contribution in [0.3, 0.4) is 0 Å². The molecule has 0 aromatic heterocycles. The average molecular weight is 320 g/mol. The smallest absolute Gasteiger partial charge is 0.293 e. The molecule has 0 bridgehead atoms. The van der Waals surface area contributed by atoms with E-state index in [1.165, 1.54) is 51.4 Å². The zero-order valence-electron chi connectivity index (χ0n) is 14.8. The second-order valence-electron chi connectivity index (χ2n) is 6.19. The molecular weight excluding hydrogens is 288 g/mol. The molecule has 0 heterocycles. The minimum absolute atomic E-state index is 0.407. The zero-order valence-corrected chi connectivity index (χ0v) is 14.8. The highest BCUT2D eigenvalue weighted by atomic mass is 17.2. The second-order valence-corrected chi connectivity index (χ2v) is 6.19. The molecular formula is C20H32O3. The molecule has 0 unspecified atom stereocenters. The molecule has 0 spiro atoms. The van der Waals surface area contributed by atoms with Crippen LogP contribution in [0.5, 0.6) is 0 Å². The van der Waals surface area contributed by atoms with Gasteiger partial charge in [0.1, 0.15) is 0 Å². The first kappa shape index (κ1) is 19.7. The number of hydrogen-bond acceptors (Lipinski definition) is 3. The molecule has 0 aliphatic carbocycles. The molecule has 0 aliphatic rings. The van der Waals surface area contributed by atoms with E-state index in [4.69, 9.17) is 9.78 Å². The maximum atomic E-state index is 11.8. The van der Waals surface area contributed by atoms with Crippen molar-refractivity contribution in [2.24, 2.45) is 0 Å². The second kappa shape index (κ2) is 13.1. The van der Waals surface area contributed by atoms with E-state index in [0.717, 1.165) is 18.4 Å². The summed E-state index contributed by atoms with van der Waals surface area (Å²) in [4.78, 5) is 21.7. The maximum absolute atomic E-state index is 11.8. The van der Waals surface area contributed by atoms with Crippen LogP contribution < -0.4 is 0 Å². The van der Waals surface area contributed by atoms with Gasteiger partial charge in [0.05, 0.1) is 12.2 Å². The minimum Gasteiger partial charge on any atom is -0.293 e. The van der Waals surface area contributed by atoms with Gasteiger partial charge in [-0.05, 0) is 25.0 Å². The first-order chi connectivity index (χ1) is 11.3. The van der Waals surface area contributed by atoms with Crippen LogP contribution in [0.25, 0.3) is 0 Å². The SMILES string of the molecule is CCCCCCCCCCCCOOC(=O)c1ccccc1C. The van der Waals surface area contributed by atoms with Gasteiger partial charge in [-0.3, -0.25) is 4.89 Å². The lowest BCUT2D eigenvalue weighted by molar-refractivity contribution is -0.241. The van der Waals surface area contributed by atoms with Crippen LogP contribution in [-0.4, -0.2) is 12.6 Å². The topological polar surface area (TPSA) is 35.5 Å². The summed E-state index contributed by atoms with van der Waals surface area (Å²) >= 11 is 0. The average Bonchev–Trinajstić information content (AvgIpc) is 2.56. The monoisotopic (exact) mass is 320 g/mol. The van der Waals surface area contributed by atoms with Gasteiger partial charge in [0, 0.05) is 0 Å². The van der Waals surface area contributed by atoms with Gasteiger partial charge >= 0.3 is 5.97 Å². The first-order valence-corrected chi connectivity index (χ1v) is 9.15. The van der Waals surface area contributed by atoms with Crippen molar-refractivity contribution in [2.45, 2.75) is 78.1 Å². The van der Waals surface area contributed by atoms with Gasteiger partial charge in [-0.15, -0.1) is 0 Å². The Hall–Kier alpha value is -1.35. The standard InChI is InChI=1S/C20H32O3/c1-3-4-5-6-7-8-9-10-11-14-17-22-23-20(21)19-16-13-12-15-18(19)2/h12-13,15-16H,3-11,14,17H2,1-2H3. The lowest BCUT2D eigenvalue weighted by atomic mass is 10.1. The third-order valence-electron chi connectivity index (χ3n) is 4.08. The molecule has 0 N–H and O–H groups in total. The Balaban J connectivity index is 1.92. The minimum atomic E-state index is -0.407. The van der Waals surface area contributed by atoms with Gasteiger partial charge in [0.25, 0.3) is 0 Å². The Labute approximate surface area is 141 Å². The number of hydrogen-bond donors (Lipinski definition) is 0. The highest BCUT2D eigenvalue weighted by Crippen LogP contribution is 2.11. The largest absolute Gasteiger partial charge is 0.373 e. The Kier molecular flexibility index (Phi) is 11.2. The van der Waals surface area contributed by atoms with Crippen molar-refractivity contribution >= 4 is 5.97 Å². The van der Waals surface area contributed by atoms with Crippen LogP contribution in [0, 0.1) is 6.92 Å². The van der Waals surface area contributed by atoms with Crippen molar-refractivity contribution in [1.29, 1.82) is 0 Å². The van der Waals surface area contributed by atoms with E-state index in [0.29, 0.717) is 12.2 Å². The van der Waals surface area contributed by atoms with E-state index in [2.05, 4.69) is 6.92 Å². The summed E-state index contributed by atoms with van der Waals surface area (Å²) in [7, 11) is 0. The third kappa shape index (κ3) is 9.39. The normalized spacial score (nSPS) is 10.7. The van der Waals surface area contributed by atoms with Gasteiger partial charge in [-0.25, -0.2) is 4.79 Å². The van der Waals surface area contributed by atoms with Crippen molar-refractivity contribution in [3.05, 3.63) is 35.4 Å². The van der Waals surface area contributed by atoms with Gasteiger partial charge < -0.3 is 0 Å². The van der Waals surface area contributed by atoms with Crippen molar-refractivity contribution in [1.82, 2.24) is 0 Å². The van der Waals surface area contributed by atoms with Crippen LogP contribution in [0.15, 0.2) is 24.3 Å². The number of unbranched alkanes of at least 4 members (excludes halogenated alkanes) is 9. The number of aryl methyl sites for hydroxylation is 1. The Bertz CT molecular complexity index is 429. The van der Waals surface area contributed by atoms with Crippen molar-refractivity contribution in [2.75, 3.05) is 6.61 Å². The van der Waals surface area contributed by atoms with Crippen LogP contribution >= 0.6 is 0 Å². The summed E-state index contributed by atoms with van der Waals surface area (Å²) in [6.45, 7) is 4.62. The molecule has 3 heteroatoms.